The molecule has 0 radical (unpaired) electrons. The van der Waals surface area contributed by atoms with Crippen LogP contribution in [0.1, 0.15) is 24.8 Å². The van der Waals surface area contributed by atoms with E-state index in [1.165, 1.54) is 5.06 Å². The maximum Gasteiger partial charge on any atom is 0.253 e. The molecule has 1 fully saturated rings. The minimum atomic E-state index is -0.0196. The molecule has 0 saturated carbocycles. The molecule has 0 aromatic heterocycles. The van der Waals surface area contributed by atoms with Crippen molar-refractivity contribution in [3.8, 4) is 0 Å². The average molecular weight is 221 g/mol. The third-order valence-corrected chi connectivity index (χ3v) is 2.71. The number of hydrogen-bond acceptors (Lipinski definition) is 3. The van der Waals surface area contributed by atoms with Gasteiger partial charge >= 0.3 is 0 Å². The summed E-state index contributed by atoms with van der Waals surface area (Å²) in [7, 11) is 0. The Hall–Kier alpha value is -1.39. The third kappa shape index (κ3) is 2.08. The monoisotopic (exact) mass is 221 g/mol. The van der Waals surface area contributed by atoms with Gasteiger partial charge in [0, 0.05) is 12.5 Å². The van der Waals surface area contributed by atoms with Gasteiger partial charge in [0.15, 0.2) is 0 Å². The normalized spacial score (nSPS) is 17.9. The second-order valence-corrected chi connectivity index (χ2v) is 3.95. The van der Waals surface area contributed by atoms with Crippen molar-refractivity contribution in [1.82, 2.24) is 0 Å². The molecule has 0 bridgehead atoms. The van der Waals surface area contributed by atoms with Crippen LogP contribution in [-0.2, 0) is 9.63 Å². The maximum atomic E-state index is 11.5. The average Bonchev–Trinajstić information content (AvgIpc) is 2.74. The molecule has 0 aliphatic carbocycles. The number of aliphatic hydroxyl groups is 1. The minimum Gasteiger partial charge on any atom is -0.396 e. The summed E-state index contributed by atoms with van der Waals surface area (Å²) in [6.45, 7) is 2.47. The Morgan fingerprint density at radius 2 is 2.38 bits per heavy atom. The molecule has 1 amide bonds. The lowest BCUT2D eigenvalue weighted by molar-refractivity contribution is -0.119. The van der Waals surface area contributed by atoms with Gasteiger partial charge in [-0.1, -0.05) is 19.1 Å². The molecular weight excluding hydrogens is 206 g/mol. The second-order valence-electron chi connectivity index (χ2n) is 3.95. The molecule has 1 aliphatic heterocycles. The molecule has 86 valence electrons. The lowest BCUT2D eigenvalue weighted by Gasteiger charge is -2.16. The van der Waals surface area contributed by atoms with E-state index in [-0.39, 0.29) is 18.4 Å². The van der Waals surface area contributed by atoms with E-state index in [0.717, 1.165) is 11.3 Å². The van der Waals surface area contributed by atoms with Gasteiger partial charge in [0.25, 0.3) is 5.91 Å². The van der Waals surface area contributed by atoms with Gasteiger partial charge in [0.2, 0.25) is 0 Å². The fourth-order valence-electron chi connectivity index (χ4n) is 1.68. The number of carbonyl (C=O) groups excluding carboxylic acids is 1. The lowest BCUT2D eigenvalue weighted by Crippen LogP contribution is -2.22. The lowest BCUT2D eigenvalue weighted by atomic mass is 10.0. The van der Waals surface area contributed by atoms with Crippen molar-refractivity contribution >= 4 is 11.6 Å². The highest BCUT2D eigenvalue weighted by molar-refractivity contribution is 5.92. The van der Waals surface area contributed by atoms with Gasteiger partial charge in [-0.2, -0.15) is 5.06 Å². The topological polar surface area (TPSA) is 49.8 Å². The molecule has 4 nitrogen and oxygen atoms in total. The van der Waals surface area contributed by atoms with Crippen LogP contribution >= 0.6 is 0 Å². The predicted octanol–water partition coefficient (Wildman–Crippen LogP) is 1.45. The number of hydroxylamine groups is 1. The van der Waals surface area contributed by atoms with Crippen LogP contribution in [0.4, 0.5) is 5.69 Å². The third-order valence-electron chi connectivity index (χ3n) is 2.71. The zero-order valence-corrected chi connectivity index (χ0v) is 9.22. The van der Waals surface area contributed by atoms with E-state index in [1.807, 2.05) is 31.2 Å². The number of anilines is 1. The molecule has 16 heavy (non-hydrogen) atoms. The fraction of sp³-hybridized carbons (Fsp3) is 0.417. The van der Waals surface area contributed by atoms with Crippen LogP contribution in [0.25, 0.3) is 0 Å². The molecule has 1 atom stereocenters. The number of benzene rings is 1. The van der Waals surface area contributed by atoms with E-state index >= 15 is 0 Å². The van der Waals surface area contributed by atoms with E-state index in [2.05, 4.69) is 0 Å². The molecule has 0 spiro atoms. The van der Waals surface area contributed by atoms with Crippen LogP contribution in [0.5, 0.6) is 0 Å². The Labute approximate surface area is 94.4 Å². The summed E-state index contributed by atoms with van der Waals surface area (Å²) in [5, 5.41) is 10.4. The van der Waals surface area contributed by atoms with Gasteiger partial charge in [0.1, 0.15) is 0 Å². The van der Waals surface area contributed by atoms with Gasteiger partial charge in [-0.25, -0.2) is 0 Å². The van der Waals surface area contributed by atoms with Gasteiger partial charge in [-0.05, 0) is 17.7 Å². The smallest absolute Gasteiger partial charge is 0.253 e. The van der Waals surface area contributed by atoms with Crippen molar-refractivity contribution in [2.75, 3.05) is 18.3 Å². The number of rotatable bonds is 3. The Balaban J connectivity index is 2.25. The van der Waals surface area contributed by atoms with Crippen LogP contribution in [0.3, 0.4) is 0 Å². The SMILES string of the molecule is CC(CO)c1cccc(N2OCCC2=O)c1. The van der Waals surface area contributed by atoms with Crippen LogP contribution in [-0.4, -0.2) is 24.2 Å². The molecule has 1 aromatic carbocycles. The first kappa shape index (κ1) is 11.1. The standard InChI is InChI=1S/C12H15NO3/c1-9(8-14)10-3-2-4-11(7-10)13-12(15)5-6-16-13/h2-4,7,9,14H,5-6,8H2,1H3. The molecule has 1 N–H and O–H groups in total. The van der Waals surface area contributed by atoms with Gasteiger partial charge in [-0.3, -0.25) is 9.63 Å². The highest BCUT2D eigenvalue weighted by Gasteiger charge is 2.23. The zero-order chi connectivity index (χ0) is 11.5. The Morgan fingerprint density at radius 1 is 1.56 bits per heavy atom. The molecule has 1 aromatic rings. The summed E-state index contributed by atoms with van der Waals surface area (Å²) in [5.41, 5.74) is 1.74. The summed E-state index contributed by atoms with van der Waals surface area (Å²) in [6, 6.07) is 7.51. The van der Waals surface area contributed by atoms with E-state index < -0.39 is 0 Å². The van der Waals surface area contributed by atoms with Gasteiger partial charge < -0.3 is 5.11 Å². The Kier molecular flexibility index (Phi) is 3.22. The van der Waals surface area contributed by atoms with Crippen molar-refractivity contribution in [1.29, 1.82) is 0 Å². The van der Waals surface area contributed by atoms with Crippen LogP contribution in [0.2, 0.25) is 0 Å². The van der Waals surface area contributed by atoms with Crippen LogP contribution < -0.4 is 5.06 Å². The largest absolute Gasteiger partial charge is 0.396 e. The highest BCUT2D eigenvalue weighted by Crippen LogP contribution is 2.24. The first-order valence-electron chi connectivity index (χ1n) is 5.39. The molecular formula is C12H15NO3. The number of aliphatic hydroxyl groups excluding tert-OH is 1. The van der Waals surface area contributed by atoms with Crippen molar-refractivity contribution < 1.29 is 14.7 Å². The molecule has 4 heteroatoms. The Morgan fingerprint density at radius 3 is 3.00 bits per heavy atom. The van der Waals surface area contributed by atoms with Crippen molar-refractivity contribution in [2.24, 2.45) is 0 Å². The number of nitrogens with zero attached hydrogens (tertiary/aromatic N) is 1. The van der Waals surface area contributed by atoms with Crippen LogP contribution in [0.15, 0.2) is 24.3 Å². The zero-order valence-electron chi connectivity index (χ0n) is 9.22. The van der Waals surface area contributed by atoms with Crippen molar-refractivity contribution in [2.45, 2.75) is 19.3 Å². The van der Waals surface area contributed by atoms with Crippen molar-refractivity contribution in [3.63, 3.8) is 0 Å². The quantitative estimate of drug-likeness (QED) is 0.840. The second kappa shape index (κ2) is 4.63. The molecule has 1 saturated heterocycles. The Bertz CT molecular complexity index is 392. The summed E-state index contributed by atoms with van der Waals surface area (Å²) in [6.07, 6.45) is 0.430. The molecule has 1 heterocycles. The summed E-state index contributed by atoms with van der Waals surface area (Å²) in [5.74, 6) is 0.0476. The first-order valence-corrected chi connectivity index (χ1v) is 5.39. The maximum absolute atomic E-state index is 11.5. The molecule has 1 unspecified atom stereocenters. The van der Waals surface area contributed by atoms with E-state index in [1.54, 1.807) is 0 Å². The van der Waals surface area contributed by atoms with Crippen LogP contribution in [0, 0.1) is 0 Å². The summed E-state index contributed by atoms with van der Waals surface area (Å²) >= 11 is 0. The summed E-state index contributed by atoms with van der Waals surface area (Å²) < 4.78 is 0. The minimum absolute atomic E-state index is 0.0196. The highest BCUT2D eigenvalue weighted by atomic mass is 16.7. The number of hydrogen-bond donors (Lipinski definition) is 1. The fourth-order valence-corrected chi connectivity index (χ4v) is 1.68. The number of amides is 1. The van der Waals surface area contributed by atoms with E-state index in [0.29, 0.717) is 13.0 Å². The molecule has 2 rings (SSSR count). The molecule has 1 aliphatic rings. The number of carbonyl (C=O) groups is 1. The summed E-state index contributed by atoms with van der Waals surface area (Å²) in [4.78, 5) is 16.7. The van der Waals surface area contributed by atoms with Gasteiger partial charge in [-0.15, -0.1) is 0 Å². The first-order chi connectivity index (χ1) is 7.72. The predicted molar refractivity (Wildman–Crippen MR) is 60.0 cm³/mol. The van der Waals surface area contributed by atoms with E-state index in [4.69, 9.17) is 9.94 Å². The van der Waals surface area contributed by atoms with Crippen molar-refractivity contribution in [3.05, 3.63) is 29.8 Å². The van der Waals surface area contributed by atoms with Gasteiger partial charge in [0.05, 0.1) is 18.7 Å². The van der Waals surface area contributed by atoms with E-state index in [9.17, 15) is 4.79 Å².